The zero-order valence-corrected chi connectivity index (χ0v) is 6.86. The summed E-state index contributed by atoms with van der Waals surface area (Å²) < 4.78 is 24.2. The molecule has 1 rings (SSSR count). The summed E-state index contributed by atoms with van der Waals surface area (Å²) in [4.78, 5) is 2.94. The van der Waals surface area contributed by atoms with Crippen molar-refractivity contribution in [2.45, 2.75) is 20.8 Å². The van der Waals surface area contributed by atoms with Gasteiger partial charge >= 0.3 is 0 Å². The van der Waals surface area contributed by atoms with Gasteiger partial charge in [-0.15, -0.1) is 0 Å². The Morgan fingerprint density at radius 2 is 1.73 bits per heavy atom. The van der Waals surface area contributed by atoms with E-state index < -0.39 is 11.9 Å². The molecule has 0 unspecified atom stereocenters. The van der Waals surface area contributed by atoms with Crippen molar-refractivity contribution >= 4 is 0 Å². The zero-order valence-electron chi connectivity index (χ0n) is 6.86. The van der Waals surface area contributed by atoms with Gasteiger partial charge in [0.15, 0.2) is 0 Å². The average Bonchev–Trinajstić information content (AvgIpc) is 2.02. The Bertz CT molecular complexity index is 223. The van der Waals surface area contributed by atoms with E-state index in [2.05, 4.69) is 4.98 Å². The van der Waals surface area contributed by atoms with E-state index in [0.29, 0.717) is 5.56 Å². The van der Waals surface area contributed by atoms with Crippen LogP contribution in [0.25, 0.3) is 0 Å². The Balaban J connectivity index is 0.000000461. The molecule has 0 bridgehead atoms. The van der Waals surface area contributed by atoms with Gasteiger partial charge in [0, 0.05) is 5.56 Å². The summed E-state index contributed by atoms with van der Waals surface area (Å²) in [6, 6.07) is 2.47. The second kappa shape index (κ2) is 4.77. The predicted molar refractivity (Wildman–Crippen MR) is 40.2 cm³/mol. The number of aromatic nitrogens is 1. The van der Waals surface area contributed by atoms with E-state index in [-0.39, 0.29) is 0 Å². The summed E-state index contributed by atoms with van der Waals surface area (Å²) in [6.45, 7) is 5.53. The first-order valence-corrected chi connectivity index (χ1v) is 3.49. The largest absolute Gasteiger partial charge is 0.218 e. The minimum absolute atomic E-state index is 0.358. The molecule has 11 heavy (non-hydrogen) atoms. The van der Waals surface area contributed by atoms with Gasteiger partial charge in [0.1, 0.15) is 0 Å². The molecule has 0 amide bonds. The normalized spacial score (nSPS) is 8.45. The Hall–Kier alpha value is -0.990. The van der Waals surface area contributed by atoms with Crippen LogP contribution in [-0.2, 0) is 0 Å². The quantitative estimate of drug-likeness (QED) is 0.530. The Morgan fingerprint density at radius 3 is 2.09 bits per heavy atom. The zero-order chi connectivity index (χ0) is 8.85. The highest BCUT2D eigenvalue weighted by Gasteiger charge is 1.97. The van der Waals surface area contributed by atoms with Gasteiger partial charge in [0.25, 0.3) is 0 Å². The fraction of sp³-hybridized carbons (Fsp3) is 0.375. The van der Waals surface area contributed by atoms with Crippen LogP contribution in [0.3, 0.4) is 0 Å². The van der Waals surface area contributed by atoms with Crippen LogP contribution in [0.15, 0.2) is 12.1 Å². The lowest BCUT2D eigenvalue weighted by molar-refractivity contribution is 0.507. The number of halogens is 2. The minimum atomic E-state index is -0.780. The molecule has 0 spiro atoms. The fourth-order valence-corrected chi connectivity index (χ4v) is 0.482. The fourth-order valence-electron chi connectivity index (χ4n) is 0.482. The van der Waals surface area contributed by atoms with E-state index >= 15 is 0 Å². The summed E-state index contributed by atoms with van der Waals surface area (Å²) in [7, 11) is 0. The van der Waals surface area contributed by atoms with Gasteiger partial charge < -0.3 is 0 Å². The molecule has 0 N–H and O–H groups in total. The molecule has 1 aromatic rings. The number of pyridine rings is 1. The second-order valence-corrected chi connectivity index (χ2v) is 1.74. The van der Waals surface area contributed by atoms with Crippen molar-refractivity contribution in [1.29, 1.82) is 0 Å². The highest BCUT2D eigenvalue weighted by atomic mass is 19.1. The van der Waals surface area contributed by atoms with E-state index in [4.69, 9.17) is 0 Å². The van der Waals surface area contributed by atoms with Crippen LogP contribution < -0.4 is 0 Å². The van der Waals surface area contributed by atoms with Crippen molar-refractivity contribution in [3.63, 3.8) is 0 Å². The van der Waals surface area contributed by atoms with E-state index in [9.17, 15) is 8.78 Å². The molecule has 1 aromatic heterocycles. The number of hydrogen-bond donors (Lipinski definition) is 0. The van der Waals surface area contributed by atoms with Crippen LogP contribution in [0, 0.1) is 18.8 Å². The number of hydrogen-bond acceptors (Lipinski definition) is 1. The minimum Gasteiger partial charge on any atom is -0.190 e. The van der Waals surface area contributed by atoms with Crippen molar-refractivity contribution in [3.05, 3.63) is 29.6 Å². The maximum Gasteiger partial charge on any atom is 0.218 e. The molecule has 0 radical (unpaired) electrons. The predicted octanol–water partition coefficient (Wildman–Crippen LogP) is 2.69. The van der Waals surface area contributed by atoms with E-state index in [0.717, 1.165) is 6.07 Å². The van der Waals surface area contributed by atoms with Crippen molar-refractivity contribution in [1.82, 2.24) is 4.98 Å². The van der Waals surface area contributed by atoms with E-state index in [1.165, 1.54) is 13.0 Å². The Kier molecular flexibility index (Phi) is 4.34. The molecule has 0 fully saturated rings. The lowest BCUT2D eigenvalue weighted by Crippen LogP contribution is -1.89. The number of aryl methyl sites for hydroxylation is 1. The molecule has 0 atom stereocenters. The maximum atomic E-state index is 12.2. The molecule has 0 aliphatic carbocycles. The van der Waals surface area contributed by atoms with E-state index in [1.807, 2.05) is 13.8 Å². The smallest absolute Gasteiger partial charge is 0.190 e. The lowest BCUT2D eigenvalue weighted by Gasteiger charge is -1.91. The van der Waals surface area contributed by atoms with Gasteiger partial charge in [-0.3, -0.25) is 0 Å². The lowest BCUT2D eigenvalue weighted by atomic mass is 10.3. The molecule has 0 saturated carbocycles. The maximum absolute atomic E-state index is 12.2. The SMILES string of the molecule is CC.Cc1ccc(F)nc1F. The van der Waals surface area contributed by atoms with Gasteiger partial charge in [-0.05, 0) is 13.0 Å². The van der Waals surface area contributed by atoms with Gasteiger partial charge in [-0.2, -0.15) is 13.8 Å². The summed E-state index contributed by atoms with van der Waals surface area (Å²) in [5.74, 6) is -1.52. The third-order valence-electron chi connectivity index (χ3n) is 1.00. The van der Waals surface area contributed by atoms with Crippen molar-refractivity contribution in [3.8, 4) is 0 Å². The molecule has 0 aromatic carbocycles. The third kappa shape index (κ3) is 3.07. The number of nitrogens with zero attached hydrogens (tertiary/aromatic N) is 1. The van der Waals surface area contributed by atoms with Gasteiger partial charge in [0.2, 0.25) is 11.9 Å². The van der Waals surface area contributed by atoms with E-state index in [1.54, 1.807) is 0 Å². The highest BCUT2D eigenvalue weighted by Crippen LogP contribution is 2.01. The van der Waals surface area contributed by atoms with Crippen LogP contribution in [0.2, 0.25) is 0 Å². The molecule has 0 aliphatic heterocycles. The van der Waals surface area contributed by atoms with Gasteiger partial charge in [-0.25, -0.2) is 0 Å². The van der Waals surface area contributed by atoms with Crippen molar-refractivity contribution < 1.29 is 8.78 Å². The van der Waals surface area contributed by atoms with Crippen molar-refractivity contribution in [2.75, 3.05) is 0 Å². The summed E-state index contributed by atoms with van der Waals surface area (Å²) in [6.07, 6.45) is 0. The first-order chi connectivity index (χ1) is 5.20. The summed E-state index contributed by atoms with van der Waals surface area (Å²) in [5.41, 5.74) is 0.358. The van der Waals surface area contributed by atoms with Crippen LogP contribution in [0.4, 0.5) is 8.78 Å². The first-order valence-electron chi connectivity index (χ1n) is 3.49. The average molecular weight is 159 g/mol. The topological polar surface area (TPSA) is 12.9 Å². The molecule has 3 heteroatoms. The molecule has 1 nitrogen and oxygen atoms in total. The molecular formula is C8H11F2N. The first kappa shape index (κ1) is 10.0. The third-order valence-corrected chi connectivity index (χ3v) is 1.00. The van der Waals surface area contributed by atoms with Crippen molar-refractivity contribution in [2.24, 2.45) is 0 Å². The number of rotatable bonds is 0. The van der Waals surface area contributed by atoms with Gasteiger partial charge in [-0.1, -0.05) is 19.9 Å². The molecule has 62 valence electrons. The molecule has 1 heterocycles. The Morgan fingerprint density at radius 1 is 1.18 bits per heavy atom. The highest BCUT2D eigenvalue weighted by molar-refractivity contribution is 5.08. The molecule has 0 saturated heterocycles. The van der Waals surface area contributed by atoms with Crippen LogP contribution in [0.1, 0.15) is 19.4 Å². The monoisotopic (exact) mass is 159 g/mol. The Labute approximate surface area is 65.1 Å². The molecular weight excluding hydrogens is 148 g/mol. The summed E-state index contributed by atoms with van der Waals surface area (Å²) in [5, 5.41) is 0. The van der Waals surface area contributed by atoms with Crippen LogP contribution in [-0.4, -0.2) is 4.98 Å². The summed E-state index contributed by atoms with van der Waals surface area (Å²) >= 11 is 0. The van der Waals surface area contributed by atoms with Crippen LogP contribution >= 0.6 is 0 Å². The van der Waals surface area contributed by atoms with Gasteiger partial charge in [0.05, 0.1) is 0 Å². The second-order valence-electron chi connectivity index (χ2n) is 1.74. The molecule has 0 aliphatic rings. The standard InChI is InChI=1S/C6H5F2N.C2H6/c1-4-2-3-5(7)9-6(4)8;1-2/h2-3H,1H3;1-2H3. The van der Waals surface area contributed by atoms with Crippen LogP contribution in [0.5, 0.6) is 0 Å².